The number of aryl methyl sites for hydroxylation is 1. The van der Waals surface area contributed by atoms with Crippen molar-refractivity contribution < 1.29 is 0 Å². The molecule has 0 N–H and O–H groups in total. The lowest BCUT2D eigenvalue weighted by atomic mass is 10.1. The predicted molar refractivity (Wildman–Crippen MR) is 79.8 cm³/mol. The van der Waals surface area contributed by atoms with E-state index in [1.807, 2.05) is 12.3 Å². The Balaban J connectivity index is 1.82. The van der Waals surface area contributed by atoms with Crippen molar-refractivity contribution in [1.82, 2.24) is 4.98 Å². The minimum absolute atomic E-state index is 1.15. The van der Waals surface area contributed by atoms with Gasteiger partial charge in [0.1, 0.15) is 0 Å². The van der Waals surface area contributed by atoms with Crippen LogP contribution in [0.1, 0.15) is 76.8 Å². The van der Waals surface area contributed by atoms with Gasteiger partial charge in [0.15, 0.2) is 0 Å². The highest BCUT2D eigenvalue weighted by atomic mass is 14.7. The molecule has 0 aromatic carbocycles. The Morgan fingerprint density at radius 1 is 0.778 bits per heavy atom. The van der Waals surface area contributed by atoms with Crippen molar-refractivity contribution in [3.05, 3.63) is 30.1 Å². The van der Waals surface area contributed by atoms with Crippen LogP contribution < -0.4 is 0 Å². The molecule has 0 saturated heterocycles. The Morgan fingerprint density at radius 3 is 1.94 bits per heavy atom. The van der Waals surface area contributed by atoms with E-state index in [0.29, 0.717) is 0 Å². The second-order valence-corrected chi connectivity index (χ2v) is 5.25. The van der Waals surface area contributed by atoms with Crippen molar-refractivity contribution in [2.24, 2.45) is 0 Å². The zero-order chi connectivity index (χ0) is 12.9. The maximum Gasteiger partial charge on any atom is 0.0403 e. The molecule has 0 bridgehead atoms. The minimum atomic E-state index is 1.15. The standard InChI is InChI=1S/C17H29N/c1-2-3-4-5-6-7-8-9-10-11-14-17-15-12-13-16-18-17/h12-13,15-16H,2-11,14H2,1H3. The van der Waals surface area contributed by atoms with Gasteiger partial charge in [0.25, 0.3) is 0 Å². The molecule has 1 aromatic rings. The molecular formula is C17H29N. The van der Waals surface area contributed by atoms with Crippen LogP contribution in [-0.4, -0.2) is 4.98 Å². The van der Waals surface area contributed by atoms with E-state index in [4.69, 9.17) is 0 Å². The molecule has 0 atom stereocenters. The molecule has 0 aliphatic rings. The van der Waals surface area contributed by atoms with E-state index in [2.05, 4.69) is 24.0 Å². The monoisotopic (exact) mass is 247 g/mol. The molecule has 1 rings (SSSR count). The van der Waals surface area contributed by atoms with Gasteiger partial charge in [-0.25, -0.2) is 0 Å². The van der Waals surface area contributed by atoms with Crippen LogP contribution in [0.5, 0.6) is 0 Å². The van der Waals surface area contributed by atoms with Crippen LogP contribution in [0.25, 0.3) is 0 Å². The molecule has 0 fully saturated rings. The van der Waals surface area contributed by atoms with Gasteiger partial charge in [0.2, 0.25) is 0 Å². The zero-order valence-corrected chi connectivity index (χ0v) is 12.0. The molecule has 1 aromatic heterocycles. The fourth-order valence-corrected chi connectivity index (χ4v) is 2.34. The number of unbranched alkanes of at least 4 members (excludes halogenated alkanes) is 9. The van der Waals surface area contributed by atoms with E-state index in [-0.39, 0.29) is 0 Å². The highest BCUT2D eigenvalue weighted by molar-refractivity contribution is 5.03. The summed E-state index contributed by atoms with van der Waals surface area (Å²) in [7, 11) is 0. The molecule has 18 heavy (non-hydrogen) atoms. The molecule has 102 valence electrons. The summed E-state index contributed by atoms with van der Waals surface area (Å²) >= 11 is 0. The lowest BCUT2D eigenvalue weighted by molar-refractivity contribution is 0.555. The average molecular weight is 247 g/mol. The highest BCUT2D eigenvalue weighted by Crippen LogP contribution is 2.11. The lowest BCUT2D eigenvalue weighted by Crippen LogP contribution is -1.89. The summed E-state index contributed by atoms with van der Waals surface area (Å²) < 4.78 is 0. The molecule has 0 saturated carbocycles. The molecule has 1 heteroatoms. The summed E-state index contributed by atoms with van der Waals surface area (Å²) in [5, 5.41) is 0. The molecule has 0 radical (unpaired) electrons. The third kappa shape index (κ3) is 8.27. The van der Waals surface area contributed by atoms with E-state index >= 15 is 0 Å². The van der Waals surface area contributed by atoms with Crippen molar-refractivity contribution in [1.29, 1.82) is 0 Å². The summed E-state index contributed by atoms with van der Waals surface area (Å²) in [6.45, 7) is 2.28. The van der Waals surface area contributed by atoms with Gasteiger partial charge in [-0.2, -0.15) is 0 Å². The van der Waals surface area contributed by atoms with Gasteiger partial charge in [-0.1, -0.05) is 70.8 Å². The quantitative estimate of drug-likeness (QED) is 0.467. The first kappa shape index (κ1) is 15.2. The first-order valence-electron chi connectivity index (χ1n) is 7.83. The van der Waals surface area contributed by atoms with E-state index in [1.54, 1.807) is 0 Å². The Bertz CT molecular complexity index is 268. The molecular weight excluding hydrogens is 218 g/mol. The highest BCUT2D eigenvalue weighted by Gasteiger charge is 1.94. The van der Waals surface area contributed by atoms with Crippen LogP contribution in [0.4, 0.5) is 0 Å². The van der Waals surface area contributed by atoms with E-state index in [1.165, 1.54) is 69.9 Å². The van der Waals surface area contributed by atoms with Gasteiger partial charge in [0.05, 0.1) is 0 Å². The SMILES string of the molecule is CCCCCCCCCCCCc1ccccn1. The first-order chi connectivity index (χ1) is 8.93. The Kier molecular flexibility index (Phi) is 9.51. The van der Waals surface area contributed by atoms with Gasteiger partial charge in [-0.15, -0.1) is 0 Å². The third-order valence-electron chi connectivity index (χ3n) is 3.51. The Labute approximate surface area is 113 Å². The van der Waals surface area contributed by atoms with Gasteiger partial charge in [0, 0.05) is 11.9 Å². The van der Waals surface area contributed by atoms with Crippen LogP contribution >= 0.6 is 0 Å². The first-order valence-corrected chi connectivity index (χ1v) is 7.83. The molecule has 0 amide bonds. The molecule has 0 spiro atoms. The summed E-state index contributed by atoms with van der Waals surface area (Å²) in [5.41, 5.74) is 1.25. The van der Waals surface area contributed by atoms with Crippen molar-refractivity contribution >= 4 is 0 Å². The van der Waals surface area contributed by atoms with Gasteiger partial charge >= 0.3 is 0 Å². The maximum absolute atomic E-state index is 4.35. The van der Waals surface area contributed by atoms with Crippen molar-refractivity contribution in [3.8, 4) is 0 Å². The minimum Gasteiger partial charge on any atom is -0.261 e. The fraction of sp³-hybridized carbons (Fsp3) is 0.706. The Morgan fingerprint density at radius 2 is 1.39 bits per heavy atom. The molecule has 0 aliphatic carbocycles. The van der Waals surface area contributed by atoms with E-state index in [0.717, 1.165) is 6.42 Å². The smallest absolute Gasteiger partial charge is 0.0403 e. The number of aromatic nitrogens is 1. The third-order valence-corrected chi connectivity index (χ3v) is 3.51. The molecule has 1 heterocycles. The maximum atomic E-state index is 4.35. The normalized spacial score (nSPS) is 10.7. The van der Waals surface area contributed by atoms with Gasteiger partial charge in [-0.3, -0.25) is 4.98 Å². The zero-order valence-electron chi connectivity index (χ0n) is 12.0. The van der Waals surface area contributed by atoms with Crippen molar-refractivity contribution in [2.75, 3.05) is 0 Å². The van der Waals surface area contributed by atoms with Crippen molar-refractivity contribution in [3.63, 3.8) is 0 Å². The summed E-state index contributed by atoms with van der Waals surface area (Å²) in [5.74, 6) is 0. The van der Waals surface area contributed by atoms with Crippen LogP contribution in [0.2, 0.25) is 0 Å². The number of pyridine rings is 1. The lowest BCUT2D eigenvalue weighted by Gasteiger charge is -2.02. The van der Waals surface area contributed by atoms with E-state index < -0.39 is 0 Å². The summed E-state index contributed by atoms with van der Waals surface area (Å²) in [4.78, 5) is 4.35. The van der Waals surface area contributed by atoms with Crippen LogP contribution in [-0.2, 0) is 6.42 Å². The second-order valence-electron chi connectivity index (χ2n) is 5.25. The van der Waals surface area contributed by atoms with Gasteiger partial charge in [-0.05, 0) is 25.0 Å². The fourth-order valence-electron chi connectivity index (χ4n) is 2.34. The second kappa shape index (κ2) is 11.3. The van der Waals surface area contributed by atoms with Crippen molar-refractivity contribution in [2.45, 2.75) is 77.6 Å². The number of hydrogen-bond donors (Lipinski definition) is 0. The number of hydrogen-bond acceptors (Lipinski definition) is 1. The molecule has 0 unspecified atom stereocenters. The van der Waals surface area contributed by atoms with Gasteiger partial charge < -0.3 is 0 Å². The van der Waals surface area contributed by atoms with E-state index in [9.17, 15) is 0 Å². The van der Waals surface area contributed by atoms with Crippen LogP contribution in [0, 0.1) is 0 Å². The Hall–Kier alpha value is -0.850. The average Bonchev–Trinajstić information content (AvgIpc) is 2.42. The van der Waals surface area contributed by atoms with Crippen LogP contribution in [0.15, 0.2) is 24.4 Å². The summed E-state index contributed by atoms with van der Waals surface area (Å²) in [6, 6.07) is 6.20. The molecule has 1 nitrogen and oxygen atoms in total. The topological polar surface area (TPSA) is 12.9 Å². The number of nitrogens with zero attached hydrogens (tertiary/aromatic N) is 1. The van der Waals surface area contributed by atoms with Crippen LogP contribution in [0.3, 0.4) is 0 Å². The predicted octanol–water partition coefficient (Wildman–Crippen LogP) is 5.55. The summed E-state index contributed by atoms with van der Waals surface area (Å²) in [6.07, 6.45) is 17.1. The molecule has 0 aliphatic heterocycles. The number of rotatable bonds is 11. The largest absolute Gasteiger partial charge is 0.261 e.